The number of H-pyrrole nitrogens is 2. The molecular formula is C17H18N6O2S. The lowest BCUT2D eigenvalue weighted by Crippen LogP contribution is -2.37. The molecule has 1 aromatic carbocycles. The summed E-state index contributed by atoms with van der Waals surface area (Å²) in [6.45, 7) is 2.90. The van der Waals surface area contributed by atoms with Gasteiger partial charge in [-0.25, -0.2) is 9.78 Å². The van der Waals surface area contributed by atoms with Crippen molar-refractivity contribution in [1.82, 2.24) is 29.6 Å². The van der Waals surface area contributed by atoms with Crippen molar-refractivity contribution in [3.63, 3.8) is 0 Å². The van der Waals surface area contributed by atoms with Gasteiger partial charge in [0.05, 0.1) is 16.8 Å². The molecule has 0 atom stereocenters. The fraction of sp³-hybridized carbons (Fsp3) is 0.294. The zero-order chi connectivity index (χ0) is 18.1. The molecule has 26 heavy (non-hydrogen) atoms. The van der Waals surface area contributed by atoms with Crippen LogP contribution in [0.4, 0.5) is 0 Å². The van der Waals surface area contributed by atoms with Crippen LogP contribution in [-0.4, -0.2) is 54.4 Å². The number of aromatic amines is 2. The van der Waals surface area contributed by atoms with Crippen molar-refractivity contribution in [3.05, 3.63) is 46.7 Å². The molecule has 3 heterocycles. The average Bonchev–Trinajstić information content (AvgIpc) is 3.22. The van der Waals surface area contributed by atoms with Gasteiger partial charge in [0.15, 0.2) is 0 Å². The lowest BCUT2D eigenvalue weighted by atomic mass is 10.2. The van der Waals surface area contributed by atoms with Gasteiger partial charge < -0.3 is 9.88 Å². The number of hydrogen-bond donors (Lipinski definition) is 2. The summed E-state index contributed by atoms with van der Waals surface area (Å²) in [4.78, 5) is 33.5. The highest BCUT2D eigenvalue weighted by molar-refractivity contribution is 7.99. The predicted octanol–water partition coefficient (Wildman–Crippen LogP) is 1.62. The van der Waals surface area contributed by atoms with Gasteiger partial charge in [-0.15, -0.1) is 5.10 Å². The van der Waals surface area contributed by atoms with E-state index in [1.54, 1.807) is 9.47 Å². The molecule has 0 aliphatic carbocycles. The zero-order valence-electron chi connectivity index (χ0n) is 14.2. The molecule has 1 aliphatic rings. The second kappa shape index (κ2) is 6.83. The Kier molecular flexibility index (Phi) is 4.37. The first kappa shape index (κ1) is 16.6. The van der Waals surface area contributed by atoms with Crippen LogP contribution in [0.1, 0.15) is 12.2 Å². The first-order chi connectivity index (χ1) is 12.6. The number of thioether (sulfide) groups is 1. The molecule has 1 aliphatic heterocycles. The summed E-state index contributed by atoms with van der Waals surface area (Å²) in [6, 6.07) is 7.61. The Morgan fingerprint density at radius 3 is 2.92 bits per heavy atom. The van der Waals surface area contributed by atoms with Gasteiger partial charge in [0.25, 0.3) is 0 Å². The SMILES string of the molecule is Cc1nc(SCC(=O)N2CC=C(n3c(=O)[nH]c4ccccc43)CC2)n[nH]1. The molecule has 0 saturated carbocycles. The van der Waals surface area contributed by atoms with Gasteiger partial charge in [-0.2, -0.15) is 0 Å². The van der Waals surface area contributed by atoms with E-state index in [0.29, 0.717) is 30.4 Å². The number of amides is 1. The van der Waals surface area contributed by atoms with E-state index in [1.165, 1.54) is 11.8 Å². The number of para-hydroxylation sites is 2. The van der Waals surface area contributed by atoms with Gasteiger partial charge in [0, 0.05) is 25.2 Å². The highest BCUT2D eigenvalue weighted by Gasteiger charge is 2.20. The topological polar surface area (TPSA) is 99.7 Å². The Morgan fingerprint density at radius 2 is 2.19 bits per heavy atom. The van der Waals surface area contributed by atoms with Crippen LogP contribution in [0, 0.1) is 6.92 Å². The molecule has 2 N–H and O–H groups in total. The van der Waals surface area contributed by atoms with E-state index in [1.807, 2.05) is 37.3 Å². The third-order valence-electron chi connectivity index (χ3n) is 4.32. The lowest BCUT2D eigenvalue weighted by Gasteiger charge is -2.26. The number of benzene rings is 1. The van der Waals surface area contributed by atoms with Crippen molar-refractivity contribution < 1.29 is 4.79 Å². The molecule has 134 valence electrons. The third kappa shape index (κ3) is 3.17. The highest BCUT2D eigenvalue weighted by atomic mass is 32.2. The summed E-state index contributed by atoms with van der Waals surface area (Å²) in [5, 5.41) is 7.36. The monoisotopic (exact) mass is 370 g/mol. The second-order valence-corrected chi connectivity index (χ2v) is 7.00. The number of hydrogen-bond acceptors (Lipinski definition) is 5. The molecule has 1 amide bonds. The number of rotatable bonds is 4. The molecule has 8 nitrogen and oxygen atoms in total. The summed E-state index contributed by atoms with van der Waals surface area (Å²) in [7, 11) is 0. The lowest BCUT2D eigenvalue weighted by molar-refractivity contribution is -0.127. The van der Waals surface area contributed by atoms with Crippen molar-refractivity contribution in [3.8, 4) is 0 Å². The van der Waals surface area contributed by atoms with Crippen LogP contribution in [0.15, 0.2) is 40.3 Å². The zero-order valence-corrected chi connectivity index (χ0v) is 15.0. The van der Waals surface area contributed by atoms with E-state index < -0.39 is 0 Å². The van der Waals surface area contributed by atoms with Crippen LogP contribution in [-0.2, 0) is 4.79 Å². The van der Waals surface area contributed by atoms with E-state index >= 15 is 0 Å². The number of nitrogens with zero attached hydrogens (tertiary/aromatic N) is 4. The van der Waals surface area contributed by atoms with Gasteiger partial charge in [-0.1, -0.05) is 23.9 Å². The van der Waals surface area contributed by atoms with Crippen LogP contribution in [0.3, 0.4) is 0 Å². The Balaban J connectivity index is 1.45. The second-order valence-electron chi connectivity index (χ2n) is 6.06. The number of imidazole rings is 1. The van der Waals surface area contributed by atoms with Crippen molar-refractivity contribution in [2.45, 2.75) is 18.5 Å². The Labute approximate surface area is 153 Å². The van der Waals surface area contributed by atoms with Crippen LogP contribution < -0.4 is 5.69 Å². The van der Waals surface area contributed by atoms with Gasteiger partial charge in [0.2, 0.25) is 11.1 Å². The quantitative estimate of drug-likeness (QED) is 0.680. The average molecular weight is 370 g/mol. The third-order valence-corrected chi connectivity index (χ3v) is 5.15. The van der Waals surface area contributed by atoms with E-state index in [2.05, 4.69) is 20.2 Å². The van der Waals surface area contributed by atoms with Crippen molar-refractivity contribution >= 4 is 34.4 Å². The molecule has 0 saturated heterocycles. The number of nitrogens with one attached hydrogen (secondary N) is 2. The minimum absolute atomic E-state index is 0.0408. The summed E-state index contributed by atoms with van der Waals surface area (Å²) in [6.07, 6.45) is 2.59. The van der Waals surface area contributed by atoms with E-state index in [9.17, 15) is 9.59 Å². The summed E-state index contributed by atoms with van der Waals surface area (Å²) >= 11 is 1.32. The van der Waals surface area contributed by atoms with Crippen molar-refractivity contribution in [2.24, 2.45) is 0 Å². The molecule has 0 radical (unpaired) electrons. The highest BCUT2D eigenvalue weighted by Crippen LogP contribution is 2.21. The molecule has 4 rings (SSSR count). The maximum Gasteiger partial charge on any atom is 0.330 e. The maximum absolute atomic E-state index is 12.4. The Morgan fingerprint density at radius 1 is 1.35 bits per heavy atom. The smallest absolute Gasteiger partial charge is 0.330 e. The number of aryl methyl sites for hydroxylation is 1. The number of carbonyl (C=O) groups is 1. The summed E-state index contributed by atoms with van der Waals surface area (Å²) in [5.41, 5.74) is 2.45. The van der Waals surface area contributed by atoms with E-state index in [4.69, 9.17) is 0 Å². The number of fused-ring (bicyclic) bond motifs is 1. The Bertz CT molecular complexity index is 1050. The molecule has 3 aromatic rings. The predicted molar refractivity (Wildman–Crippen MR) is 99.9 cm³/mol. The van der Waals surface area contributed by atoms with Gasteiger partial charge in [-0.3, -0.25) is 14.5 Å². The fourth-order valence-electron chi connectivity index (χ4n) is 3.03. The van der Waals surface area contributed by atoms with Crippen LogP contribution in [0.2, 0.25) is 0 Å². The van der Waals surface area contributed by atoms with Crippen molar-refractivity contribution in [2.75, 3.05) is 18.8 Å². The first-order valence-corrected chi connectivity index (χ1v) is 9.29. The largest absolute Gasteiger partial charge is 0.338 e. The maximum atomic E-state index is 12.4. The standard InChI is InChI=1S/C17H18N6O2S/c1-11-18-16(21-20-11)26-10-15(24)22-8-6-12(7-9-22)23-14-5-3-2-4-13(14)19-17(23)25/h2-6H,7-10H2,1H3,(H,19,25)(H,18,20,21). The summed E-state index contributed by atoms with van der Waals surface area (Å²) < 4.78 is 1.70. The van der Waals surface area contributed by atoms with E-state index in [0.717, 1.165) is 22.6 Å². The minimum atomic E-state index is -0.146. The van der Waals surface area contributed by atoms with Gasteiger partial charge in [-0.05, 0) is 25.1 Å². The van der Waals surface area contributed by atoms with Gasteiger partial charge in [0.1, 0.15) is 5.82 Å². The fourth-order valence-corrected chi connectivity index (χ4v) is 3.78. The normalized spacial score (nSPS) is 14.7. The molecular weight excluding hydrogens is 352 g/mol. The van der Waals surface area contributed by atoms with Crippen LogP contribution in [0.5, 0.6) is 0 Å². The number of carbonyl (C=O) groups excluding carboxylic acids is 1. The van der Waals surface area contributed by atoms with Crippen molar-refractivity contribution in [1.29, 1.82) is 0 Å². The Hall–Kier alpha value is -2.81. The molecule has 9 heteroatoms. The molecule has 0 fully saturated rings. The minimum Gasteiger partial charge on any atom is -0.338 e. The number of aromatic nitrogens is 5. The first-order valence-electron chi connectivity index (χ1n) is 8.30. The van der Waals surface area contributed by atoms with Crippen LogP contribution >= 0.6 is 11.8 Å². The van der Waals surface area contributed by atoms with E-state index in [-0.39, 0.29) is 11.6 Å². The van der Waals surface area contributed by atoms with Crippen LogP contribution in [0.25, 0.3) is 16.7 Å². The molecule has 2 aromatic heterocycles. The summed E-state index contributed by atoms with van der Waals surface area (Å²) in [5.74, 6) is 1.07. The molecule has 0 spiro atoms. The van der Waals surface area contributed by atoms with Gasteiger partial charge >= 0.3 is 5.69 Å². The molecule has 0 bridgehead atoms. The molecule has 0 unspecified atom stereocenters.